The fourth-order valence-corrected chi connectivity index (χ4v) is 2.81. The third kappa shape index (κ3) is 2.69. The predicted molar refractivity (Wildman–Crippen MR) is 79.7 cm³/mol. The minimum absolute atomic E-state index is 0.0225. The van der Waals surface area contributed by atoms with Gasteiger partial charge < -0.3 is 10.0 Å². The van der Waals surface area contributed by atoms with E-state index in [1.807, 2.05) is 30.3 Å². The molecule has 5 heteroatoms. The molecule has 1 fully saturated rings. The lowest BCUT2D eigenvalue weighted by Gasteiger charge is -2.17. The average molecular weight is 285 g/mol. The molecule has 1 aromatic heterocycles. The molecule has 1 amide bonds. The summed E-state index contributed by atoms with van der Waals surface area (Å²) in [5, 5.41) is 16.6. The summed E-state index contributed by atoms with van der Waals surface area (Å²) in [6.45, 7) is 3.08. The lowest BCUT2D eigenvalue weighted by Crippen LogP contribution is -2.30. The van der Waals surface area contributed by atoms with Crippen LogP contribution in [0.1, 0.15) is 23.7 Å². The van der Waals surface area contributed by atoms with E-state index in [-0.39, 0.29) is 17.9 Å². The molecule has 0 saturated carbocycles. The van der Waals surface area contributed by atoms with Crippen LogP contribution in [0.5, 0.6) is 0 Å². The number of aromatic amines is 1. The fraction of sp³-hybridized carbons (Fsp3) is 0.375. The van der Waals surface area contributed by atoms with Crippen LogP contribution < -0.4 is 0 Å². The smallest absolute Gasteiger partial charge is 0.257 e. The van der Waals surface area contributed by atoms with Crippen molar-refractivity contribution in [3.05, 3.63) is 42.1 Å². The number of amides is 1. The van der Waals surface area contributed by atoms with E-state index < -0.39 is 0 Å². The van der Waals surface area contributed by atoms with E-state index >= 15 is 0 Å². The first-order valence-corrected chi connectivity index (χ1v) is 7.23. The Bertz CT molecular complexity index is 621. The normalized spacial score (nSPS) is 19.7. The Labute approximate surface area is 123 Å². The molecule has 3 rings (SSSR count). The quantitative estimate of drug-likeness (QED) is 0.905. The number of rotatable bonds is 3. The number of aromatic nitrogens is 2. The Kier molecular flexibility index (Phi) is 3.75. The van der Waals surface area contributed by atoms with Gasteiger partial charge in [-0.05, 0) is 13.3 Å². The molecule has 110 valence electrons. The number of nitrogens with one attached hydrogen (secondary N) is 1. The van der Waals surface area contributed by atoms with E-state index in [0.29, 0.717) is 18.7 Å². The van der Waals surface area contributed by atoms with Crippen LogP contribution in [0, 0.1) is 5.92 Å². The number of carbonyl (C=O) groups excluding carboxylic acids is 1. The summed E-state index contributed by atoms with van der Waals surface area (Å²) >= 11 is 0. The molecule has 2 unspecified atom stereocenters. The molecule has 1 saturated heterocycles. The van der Waals surface area contributed by atoms with E-state index in [9.17, 15) is 9.90 Å². The summed E-state index contributed by atoms with van der Waals surface area (Å²) in [7, 11) is 0. The van der Waals surface area contributed by atoms with Crippen LogP contribution in [0.15, 0.2) is 36.5 Å². The highest BCUT2D eigenvalue weighted by molar-refractivity contribution is 5.99. The molecule has 5 nitrogen and oxygen atoms in total. The fourth-order valence-electron chi connectivity index (χ4n) is 2.81. The summed E-state index contributed by atoms with van der Waals surface area (Å²) in [5.74, 6) is 0.145. The summed E-state index contributed by atoms with van der Waals surface area (Å²) < 4.78 is 0. The predicted octanol–water partition coefficient (Wildman–Crippen LogP) is 1.92. The number of nitrogens with zero attached hydrogens (tertiary/aromatic N) is 2. The van der Waals surface area contributed by atoms with Gasteiger partial charge >= 0.3 is 0 Å². The maximum absolute atomic E-state index is 12.7. The molecule has 1 aliphatic heterocycles. The van der Waals surface area contributed by atoms with Crippen molar-refractivity contribution in [3.8, 4) is 11.3 Å². The third-order valence-electron chi connectivity index (χ3n) is 4.13. The number of H-pyrrole nitrogens is 1. The van der Waals surface area contributed by atoms with Crippen molar-refractivity contribution in [2.45, 2.75) is 19.4 Å². The van der Waals surface area contributed by atoms with Gasteiger partial charge in [-0.25, -0.2) is 0 Å². The zero-order valence-corrected chi connectivity index (χ0v) is 12.0. The van der Waals surface area contributed by atoms with E-state index in [4.69, 9.17) is 0 Å². The highest BCUT2D eigenvalue weighted by Crippen LogP contribution is 2.25. The maximum atomic E-state index is 12.7. The second kappa shape index (κ2) is 5.69. The first-order valence-electron chi connectivity index (χ1n) is 7.23. The molecular weight excluding hydrogens is 266 g/mol. The summed E-state index contributed by atoms with van der Waals surface area (Å²) in [5.41, 5.74) is 2.29. The van der Waals surface area contributed by atoms with E-state index in [1.165, 1.54) is 0 Å². The lowest BCUT2D eigenvalue weighted by molar-refractivity contribution is 0.0763. The van der Waals surface area contributed by atoms with E-state index in [1.54, 1.807) is 18.0 Å². The maximum Gasteiger partial charge on any atom is 0.257 e. The molecular formula is C16H19N3O2. The van der Waals surface area contributed by atoms with Crippen molar-refractivity contribution >= 4 is 5.91 Å². The monoisotopic (exact) mass is 285 g/mol. The Hall–Kier alpha value is -2.14. The largest absolute Gasteiger partial charge is 0.393 e. The molecule has 0 bridgehead atoms. The number of aliphatic hydroxyl groups is 1. The van der Waals surface area contributed by atoms with E-state index in [0.717, 1.165) is 17.7 Å². The molecule has 2 N–H and O–H groups in total. The van der Waals surface area contributed by atoms with Crippen molar-refractivity contribution in [1.29, 1.82) is 0 Å². The van der Waals surface area contributed by atoms with Crippen molar-refractivity contribution in [1.82, 2.24) is 15.1 Å². The Morgan fingerprint density at radius 2 is 2.19 bits per heavy atom. The van der Waals surface area contributed by atoms with Crippen LogP contribution in [0.25, 0.3) is 11.3 Å². The van der Waals surface area contributed by atoms with Gasteiger partial charge in [-0.3, -0.25) is 9.89 Å². The molecule has 2 aromatic rings. The zero-order valence-electron chi connectivity index (χ0n) is 12.0. The zero-order chi connectivity index (χ0) is 14.8. The molecule has 2 heterocycles. The SMILES string of the molecule is CC(O)C1CCN(C(=O)c2cn[nH]c2-c2ccccc2)C1. The Morgan fingerprint density at radius 1 is 1.43 bits per heavy atom. The Balaban J connectivity index is 1.82. The Morgan fingerprint density at radius 3 is 2.86 bits per heavy atom. The number of carbonyl (C=O) groups is 1. The molecule has 1 aliphatic rings. The molecule has 0 radical (unpaired) electrons. The first-order chi connectivity index (χ1) is 10.2. The van der Waals surface area contributed by atoms with E-state index in [2.05, 4.69) is 10.2 Å². The molecule has 2 atom stereocenters. The van der Waals surface area contributed by atoms with Crippen LogP contribution in [0.3, 0.4) is 0 Å². The average Bonchev–Trinajstić information content (AvgIpc) is 3.17. The van der Waals surface area contributed by atoms with Crippen LogP contribution in [0.4, 0.5) is 0 Å². The van der Waals surface area contributed by atoms with Crippen molar-refractivity contribution in [2.24, 2.45) is 5.92 Å². The topological polar surface area (TPSA) is 69.2 Å². The van der Waals surface area contributed by atoms with Gasteiger partial charge in [0.1, 0.15) is 0 Å². The minimum Gasteiger partial charge on any atom is -0.393 e. The second-order valence-electron chi connectivity index (χ2n) is 5.57. The third-order valence-corrected chi connectivity index (χ3v) is 4.13. The minimum atomic E-state index is -0.374. The lowest BCUT2D eigenvalue weighted by atomic mass is 10.0. The van der Waals surface area contributed by atoms with Gasteiger partial charge in [0.2, 0.25) is 0 Å². The summed E-state index contributed by atoms with van der Waals surface area (Å²) in [6, 6.07) is 9.71. The van der Waals surface area contributed by atoms with Crippen molar-refractivity contribution in [2.75, 3.05) is 13.1 Å². The van der Waals surface area contributed by atoms with Gasteiger partial charge in [-0.15, -0.1) is 0 Å². The second-order valence-corrected chi connectivity index (χ2v) is 5.57. The summed E-state index contributed by atoms with van der Waals surface area (Å²) in [4.78, 5) is 14.5. The molecule has 1 aromatic carbocycles. The standard InChI is InChI=1S/C16H19N3O2/c1-11(20)13-7-8-19(10-13)16(21)14-9-17-18-15(14)12-5-3-2-4-6-12/h2-6,9,11,13,20H,7-8,10H2,1H3,(H,17,18). The number of aliphatic hydroxyl groups excluding tert-OH is 1. The molecule has 0 aliphatic carbocycles. The van der Waals surface area contributed by atoms with Crippen molar-refractivity contribution in [3.63, 3.8) is 0 Å². The van der Waals surface area contributed by atoms with Gasteiger partial charge in [0, 0.05) is 24.6 Å². The van der Waals surface area contributed by atoms with Gasteiger partial charge in [0.25, 0.3) is 5.91 Å². The van der Waals surface area contributed by atoms with Gasteiger partial charge in [0.15, 0.2) is 0 Å². The van der Waals surface area contributed by atoms with Gasteiger partial charge in [-0.2, -0.15) is 5.10 Å². The first kappa shape index (κ1) is 13.8. The van der Waals surface area contributed by atoms with Crippen LogP contribution >= 0.6 is 0 Å². The number of likely N-dealkylation sites (tertiary alicyclic amines) is 1. The van der Waals surface area contributed by atoms with Crippen LogP contribution in [-0.4, -0.2) is 45.3 Å². The molecule has 21 heavy (non-hydrogen) atoms. The molecule has 0 spiro atoms. The number of hydrogen-bond acceptors (Lipinski definition) is 3. The summed E-state index contributed by atoms with van der Waals surface area (Å²) in [6.07, 6.45) is 2.06. The van der Waals surface area contributed by atoms with Crippen LogP contribution in [0.2, 0.25) is 0 Å². The highest BCUT2D eigenvalue weighted by atomic mass is 16.3. The number of hydrogen-bond donors (Lipinski definition) is 2. The highest BCUT2D eigenvalue weighted by Gasteiger charge is 2.31. The van der Waals surface area contributed by atoms with Crippen LogP contribution in [-0.2, 0) is 0 Å². The van der Waals surface area contributed by atoms with Gasteiger partial charge in [0.05, 0.1) is 23.6 Å². The van der Waals surface area contributed by atoms with Gasteiger partial charge in [-0.1, -0.05) is 30.3 Å². The number of benzene rings is 1. The van der Waals surface area contributed by atoms with Crippen molar-refractivity contribution < 1.29 is 9.90 Å².